The number of hydrogen-bond donors (Lipinski definition) is 1. The number of hydrogen-bond acceptors (Lipinski definition) is 2. The number of nitrogens with zero attached hydrogens (tertiary/aromatic N) is 1. The maximum atomic E-state index is 14.9. The van der Waals surface area contributed by atoms with Crippen molar-refractivity contribution in [1.29, 1.82) is 0 Å². The second kappa shape index (κ2) is 7.45. The van der Waals surface area contributed by atoms with Gasteiger partial charge in [0.2, 0.25) is 5.91 Å². The highest BCUT2D eigenvalue weighted by Gasteiger charge is 2.47. The molecule has 1 unspecified atom stereocenters. The van der Waals surface area contributed by atoms with E-state index in [-0.39, 0.29) is 5.56 Å². The lowest BCUT2D eigenvalue weighted by Gasteiger charge is -2.28. The normalized spacial score (nSPS) is 22.9. The van der Waals surface area contributed by atoms with E-state index in [2.05, 4.69) is 0 Å². The second-order valence-corrected chi connectivity index (χ2v) is 8.32. The van der Waals surface area contributed by atoms with Crippen molar-refractivity contribution in [3.63, 3.8) is 0 Å². The standard InChI is InChI=1S/C22H23ClF2N2O/c23-19-10-6-15(7-11-19)14-4-8-18(9-5-14)22(24,25)20(26)21(28)27-12-16-2-1-3-17(16)13-27/h4-11,16-17,20H,1-3,12-13,26H2/t16-,17+,20?. The Morgan fingerprint density at radius 2 is 1.50 bits per heavy atom. The number of carbonyl (C=O) groups excluding carboxylic acids is 1. The van der Waals surface area contributed by atoms with Gasteiger partial charge in [0.05, 0.1) is 0 Å². The highest BCUT2D eigenvalue weighted by atomic mass is 35.5. The lowest BCUT2D eigenvalue weighted by Crippen LogP contribution is -2.51. The van der Waals surface area contributed by atoms with Crippen LogP contribution in [0.3, 0.4) is 0 Å². The van der Waals surface area contributed by atoms with Crippen molar-refractivity contribution in [3.05, 3.63) is 59.1 Å². The van der Waals surface area contributed by atoms with Crippen molar-refractivity contribution < 1.29 is 13.6 Å². The summed E-state index contributed by atoms with van der Waals surface area (Å²) in [4.78, 5) is 14.2. The zero-order valence-electron chi connectivity index (χ0n) is 15.5. The number of fused-ring (bicyclic) bond motifs is 1. The molecule has 2 aliphatic rings. The molecule has 1 saturated heterocycles. The SMILES string of the molecule is NC(C(=O)N1C[C@H]2CCC[C@H]2C1)C(F)(F)c1ccc(-c2ccc(Cl)cc2)cc1. The van der Waals surface area contributed by atoms with Crippen LogP contribution < -0.4 is 5.73 Å². The topological polar surface area (TPSA) is 46.3 Å². The highest BCUT2D eigenvalue weighted by Crippen LogP contribution is 2.39. The van der Waals surface area contributed by atoms with Crippen molar-refractivity contribution in [2.75, 3.05) is 13.1 Å². The van der Waals surface area contributed by atoms with E-state index < -0.39 is 17.9 Å². The van der Waals surface area contributed by atoms with Gasteiger partial charge in [-0.15, -0.1) is 0 Å². The van der Waals surface area contributed by atoms with E-state index in [0.717, 1.165) is 24.0 Å². The van der Waals surface area contributed by atoms with Gasteiger partial charge in [0.15, 0.2) is 6.04 Å². The number of halogens is 3. The Morgan fingerprint density at radius 1 is 1.00 bits per heavy atom. The van der Waals surface area contributed by atoms with E-state index in [1.54, 1.807) is 24.3 Å². The molecule has 0 spiro atoms. The van der Waals surface area contributed by atoms with E-state index in [4.69, 9.17) is 17.3 Å². The average molecular weight is 405 g/mol. The lowest BCUT2D eigenvalue weighted by molar-refractivity contribution is -0.142. The fourth-order valence-electron chi connectivity index (χ4n) is 4.47. The number of likely N-dealkylation sites (tertiary alicyclic amines) is 1. The molecular weight excluding hydrogens is 382 g/mol. The van der Waals surface area contributed by atoms with Gasteiger partial charge in [0.1, 0.15) is 0 Å². The van der Waals surface area contributed by atoms with Gasteiger partial charge in [-0.25, -0.2) is 0 Å². The van der Waals surface area contributed by atoms with Gasteiger partial charge in [-0.3, -0.25) is 4.79 Å². The zero-order chi connectivity index (χ0) is 19.9. The highest BCUT2D eigenvalue weighted by molar-refractivity contribution is 6.30. The summed E-state index contributed by atoms with van der Waals surface area (Å²) in [5, 5.41) is 0.613. The maximum absolute atomic E-state index is 14.9. The first-order chi connectivity index (χ1) is 13.4. The third-order valence-corrected chi connectivity index (χ3v) is 6.39. The molecule has 0 aromatic heterocycles. The summed E-state index contributed by atoms with van der Waals surface area (Å²) in [6.45, 7) is 1.12. The molecule has 6 heteroatoms. The van der Waals surface area contributed by atoms with Crippen LogP contribution in [0.5, 0.6) is 0 Å². The molecule has 3 atom stereocenters. The van der Waals surface area contributed by atoms with Crippen LogP contribution in [0.2, 0.25) is 5.02 Å². The Labute approximate surface area is 168 Å². The number of amides is 1. The predicted molar refractivity (Wildman–Crippen MR) is 106 cm³/mol. The van der Waals surface area contributed by atoms with E-state index in [0.29, 0.717) is 29.9 Å². The van der Waals surface area contributed by atoms with Gasteiger partial charge in [-0.1, -0.05) is 54.4 Å². The monoisotopic (exact) mass is 404 g/mol. The van der Waals surface area contributed by atoms with Crippen LogP contribution in [0.1, 0.15) is 24.8 Å². The molecule has 4 rings (SSSR count). The first-order valence-corrected chi connectivity index (χ1v) is 10.0. The van der Waals surface area contributed by atoms with Crippen LogP contribution in [0.4, 0.5) is 8.78 Å². The van der Waals surface area contributed by atoms with E-state index in [1.807, 2.05) is 12.1 Å². The number of benzene rings is 2. The third-order valence-electron chi connectivity index (χ3n) is 6.14. The number of alkyl halides is 2. The van der Waals surface area contributed by atoms with Gasteiger partial charge in [-0.2, -0.15) is 8.78 Å². The molecule has 1 heterocycles. The van der Waals surface area contributed by atoms with Crippen molar-refractivity contribution in [3.8, 4) is 11.1 Å². The van der Waals surface area contributed by atoms with Crippen LogP contribution in [0, 0.1) is 11.8 Å². The minimum Gasteiger partial charge on any atom is -0.341 e. The van der Waals surface area contributed by atoms with Gasteiger partial charge in [0.25, 0.3) is 5.92 Å². The smallest absolute Gasteiger partial charge is 0.296 e. The fraction of sp³-hybridized carbons (Fsp3) is 0.409. The molecule has 1 amide bonds. The van der Waals surface area contributed by atoms with Crippen molar-refractivity contribution in [2.45, 2.75) is 31.2 Å². The van der Waals surface area contributed by atoms with Crippen molar-refractivity contribution >= 4 is 17.5 Å². The molecule has 2 N–H and O–H groups in total. The largest absolute Gasteiger partial charge is 0.341 e. The zero-order valence-corrected chi connectivity index (χ0v) is 16.2. The van der Waals surface area contributed by atoms with E-state index in [9.17, 15) is 13.6 Å². The molecular formula is C22H23ClF2N2O. The van der Waals surface area contributed by atoms with E-state index >= 15 is 0 Å². The molecule has 1 saturated carbocycles. The molecule has 1 aliphatic heterocycles. The minimum atomic E-state index is -3.42. The van der Waals surface area contributed by atoms with Crippen LogP contribution in [-0.4, -0.2) is 29.9 Å². The van der Waals surface area contributed by atoms with Crippen LogP contribution in [0.15, 0.2) is 48.5 Å². The van der Waals surface area contributed by atoms with Crippen LogP contribution >= 0.6 is 11.6 Å². The van der Waals surface area contributed by atoms with Gasteiger partial charge in [-0.05, 0) is 47.9 Å². The van der Waals surface area contributed by atoms with Gasteiger partial charge in [0, 0.05) is 23.7 Å². The Hall–Kier alpha value is -1.98. The Morgan fingerprint density at radius 3 is 2.04 bits per heavy atom. The molecule has 3 nitrogen and oxygen atoms in total. The number of carbonyl (C=O) groups is 1. The minimum absolute atomic E-state index is 0.245. The molecule has 0 bridgehead atoms. The predicted octanol–water partition coefficient (Wildman–Crippen LogP) is 4.68. The molecule has 2 aromatic rings. The average Bonchev–Trinajstić information content (AvgIpc) is 3.30. The molecule has 1 aliphatic carbocycles. The summed E-state index contributed by atoms with van der Waals surface area (Å²) < 4.78 is 29.9. The fourth-order valence-corrected chi connectivity index (χ4v) is 4.60. The number of rotatable bonds is 4. The lowest BCUT2D eigenvalue weighted by atomic mass is 9.97. The molecule has 2 fully saturated rings. The molecule has 148 valence electrons. The second-order valence-electron chi connectivity index (χ2n) is 7.88. The quantitative estimate of drug-likeness (QED) is 0.803. The summed E-state index contributed by atoms with van der Waals surface area (Å²) in [5.74, 6) is -3.18. The summed E-state index contributed by atoms with van der Waals surface area (Å²) in [5.41, 5.74) is 7.20. The molecule has 28 heavy (non-hydrogen) atoms. The molecule has 2 aromatic carbocycles. The van der Waals surface area contributed by atoms with Crippen molar-refractivity contribution in [2.24, 2.45) is 17.6 Å². The van der Waals surface area contributed by atoms with Gasteiger partial charge < -0.3 is 10.6 Å². The molecule has 0 radical (unpaired) electrons. The van der Waals surface area contributed by atoms with Crippen LogP contribution in [-0.2, 0) is 10.7 Å². The Kier molecular flexibility index (Phi) is 5.15. The first kappa shape index (κ1) is 19.3. The van der Waals surface area contributed by atoms with Crippen molar-refractivity contribution in [1.82, 2.24) is 4.90 Å². The van der Waals surface area contributed by atoms with Gasteiger partial charge >= 0.3 is 0 Å². The first-order valence-electron chi connectivity index (χ1n) is 9.65. The summed E-state index contributed by atoms with van der Waals surface area (Å²) in [6.07, 6.45) is 3.32. The summed E-state index contributed by atoms with van der Waals surface area (Å²) in [7, 11) is 0. The summed E-state index contributed by atoms with van der Waals surface area (Å²) in [6, 6.07) is 11.2. The maximum Gasteiger partial charge on any atom is 0.296 e. The Bertz CT molecular complexity index is 842. The third kappa shape index (κ3) is 3.53. The van der Waals surface area contributed by atoms with E-state index in [1.165, 1.54) is 23.5 Å². The Balaban J connectivity index is 1.49. The van der Waals surface area contributed by atoms with Crippen LogP contribution in [0.25, 0.3) is 11.1 Å². The summed E-state index contributed by atoms with van der Waals surface area (Å²) >= 11 is 5.88. The number of nitrogens with two attached hydrogens (primary N) is 1.